The number of fused-ring (bicyclic) bond motifs is 1. The number of imide groups is 4. The fraction of sp³-hybridized carbons (Fsp3) is 0.346. The SMILES string of the molecule is CC(C)(C)OC(=O)N1C(=O)CCC(N2C(=O)c3cccc(OCc4ccc(CO)cc4)c3C2=O)C1=O. The van der Waals surface area contributed by atoms with E-state index in [1.165, 1.54) is 6.07 Å². The summed E-state index contributed by atoms with van der Waals surface area (Å²) >= 11 is 0. The maximum absolute atomic E-state index is 13.4. The predicted molar refractivity (Wildman–Crippen MR) is 125 cm³/mol. The van der Waals surface area contributed by atoms with Crippen LogP contribution in [0.5, 0.6) is 5.75 Å². The Bertz CT molecular complexity index is 1250. The Morgan fingerprint density at radius 3 is 2.31 bits per heavy atom. The summed E-state index contributed by atoms with van der Waals surface area (Å²) in [5.41, 5.74) is 0.661. The Labute approximate surface area is 207 Å². The molecule has 2 aromatic carbocycles. The van der Waals surface area contributed by atoms with Gasteiger partial charge < -0.3 is 14.6 Å². The first-order valence-corrected chi connectivity index (χ1v) is 11.4. The summed E-state index contributed by atoms with van der Waals surface area (Å²) in [5, 5.41) is 9.18. The molecule has 2 heterocycles. The summed E-state index contributed by atoms with van der Waals surface area (Å²) < 4.78 is 11.0. The molecule has 2 aliphatic rings. The number of hydrogen-bond donors (Lipinski definition) is 1. The van der Waals surface area contributed by atoms with E-state index in [9.17, 15) is 29.1 Å². The van der Waals surface area contributed by atoms with Crippen molar-refractivity contribution in [2.24, 2.45) is 0 Å². The average molecular weight is 495 g/mol. The lowest BCUT2D eigenvalue weighted by molar-refractivity contribution is -0.149. The van der Waals surface area contributed by atoms with Gasteiger partial charge in [-0.3, -0.25) is 24.1 Å². The van der Waals surface area contributed by atoms with Gasteiger partial charge in [0.2, 0.25) is 5.91 Å². The summed E-state index contributed by atoms with van der Waals surface area (Å²) in [6, 6.07) is 10.3. The zero-order chi connectivity index (χ0) is 26.2. The number of aliphatic hydroxyl groups excluding tert-OH is 1. The number of nitrogens with zero attached hydrogens (tertiary/aromatic N) is 2. The van der Waals surface area contributed by atoms with Crippen LogP contribution in [0.25, 0.3) is 0 Å². The van der Waals surface area contributed by atoms with Crippen molar-refractivity contribution in [2.45, 2.75) is 58.5 Å². The van der Waals surface area contributed by atoms with Crippen LogP contribution >= 0.6 is 0 Å². The van der Waals surface area contributed by atoms with Crippen LogP contribution < -0.4 is 4.74 Å². The zero-order valence-electron chi connectivity index (χ0n) is 20.1. The molecule has 1 atom stereocenters. The Hall–Kier alpha value is -4.05. The van der Waals surface area contributed by atoms with Gasteiger partial charge in [0.15, 0.2) is 0 Å². The summed E-state index contributed by atoms with van der Waals surface area (Å²) in [5.74, 6) is -3.01. The zero-order valence-corrected chi connectivity index (χ0v) is 20.1. The minimum absolute atomic E-state index is 0.0167. The van der Waals surface area contributed by atoms with Gasteiger partial charge in [0, 0.05) is 6.42 Å². The van der Waals surface area contributed by atoms with E-state index in [1.54, 1.807) is 57.2 Å². The monoisotopic (exact) mass is 494 g/mol. The van der Waals surface area contributed by atoms with Gasteiger partial charge in [-0.2, -0.15) is 4.90 Å². The van der Waals surface area contributed by atoms with Crippen molar-refractivity contribution in [2.75, 3.05) is 0 Å². The van der Waals surface area contributed by atoms with E-state index in [2.05, 4.69) is 0 Å². The fourth-order valence-electron chi connectivity index (χ4n) is 4.08. The van der Waals surface area contributed by atoms with Crippen LogP contribution in [0.4, 0.5) is 4.79 Å². The summed E-state index contributed by atoms with van der Waals surface area (Å²) in [6.45, 7) is 4.79. The molecule has 1 unspecified atom stereocenters. The summed E-state index contributed by atoms with van der Waals surface area (Å²) in [7, 11) is 0. The van der Waals surface area contributed by atoms with E-state index in [1.807, 2.05) is 0 Å². The van der Waals surface area contributed by atoms with Crippen molar-refractivity contribution in [3.63, 3.8) is 0 Å². The predicted octanol–water partition coefficient (Wildman–Crippen LogP) is 2.81. The van der Waals surface area contributed by atoms with E-state index < -0.39 is 41.4 Å². The van der Waals surface area contributed by atoms with E-state index >= 15 is 0 Å². The summed E-state index contributed by atoms with van der Waals surface area (Å²) in [4.78, 5) is 65.8. The Morgan fingerprint density at radius 2 is 1.67 bits per heavy atom. The molecular weight excluding hydrogens is 468 g/mol. The van der Waals surface area contributed by atoms with Crippen molar-refractivity contribution in [1.82, 2.24) is 9.80 Å². The molecule has 36 heavy (non-hydrogen) atoms. The van der Waals surface area contributed by atoms with Crippen LogP contribution in [0.1, 0.15) is 65.5 Å². The molecule has 0 aromatic heterocycles. The van der Waals surface area contributed by atoms with Crippen LogP contribution in [0.3, 0.4) is 0 Å². The van der Waals surface area contributed by atoms with Crippen LogP contribution in [0.15, 0.2) is 42.5 Å². The average Bonchev–Trinajstić information content (AvgIpc) is 3.07. The van der Waals surface area contributed by atoms with E-state index in [0.29, 0.717) is 4.90 Å². The molecule has 1 saturated heterocycles. The molecule has 5 amide bonds. The van der Waals surface area contributed by atoms with Gasteiger partial charge in [0.1, 0.15) is 24.0 Å². The van der Waals surface area contributed by atoms with Crippen molar-refractivity contribution < 1.29 is 38.6 Å². The van der Waals surface area contributed by atoms with Crippen molar-refractivity contribution in [3.05, 3.63) is 64.7 Å². The largest absolute Gasteiger partial charge is 0.488 e. The van der Waals surface area contributed by atoms with E-state index in [-0.39, 0.29) is 42.9 Å². The standard InChI is InChI=1S/C26H26N2O8/c1-26(2,3)36-25(34)28-20(30)12-11-18(23(28)32)27-22(31)17-5-4-6-19(21(17)24(27)33)35-14-16-9-7-15(13-29)8-10-16/h4-10,18,29H,11-14H2,1-3H3. The third kappa shape index (κ3) is 4.72. The molecule has 2 aliphatic heterocycles. The first-order chi connectivity index (χ1) is 17.0. The molecule has 0 spiro atoms. The number of carbonyl (C=O) groups is 5. The molecule has 0 bridgehead atoms. The lowest BCUT2D eigenvalue weighted by Gasteiger charge is -2.34. The number of benzene rings is 2. The topological polar surface area (TPSA) is 131 Å². The highest BCUT2D eigenvalue weighted by Gasteiger charge is 2.50. The quantitative estimate of drug-likeness (QED) is 0.628. The number of aliphatic hydroxyl groups is 1. The molecule has 4 rings (SSSR count). The number of hydrogen-bond acceptors (Lipinski definition) is 8. The highest BCUT2D eigenvalue weighted by atomic mass is 16.6. The fourth-order valence-corrected chi connectivity index (χ4v) is 4.08. The van der Waals surface area contributed by atoms with Crippen LogP contribution in [-0.2, 0) is 27.5 Å². The first-order valence-electron chi connectivity index (χ1n) is 11.4. The smallest absolute Gasteiger partial charge is 0.424 e. The van der Waals surface area contributed by atoms with Crippen LogP contribution in [0.2, 0.25) is 0 Å². The first kappa shape index (κ1) is 25.1. The van der Waals surface area contributed by atoms with Crippen LogP contribution in [0, 0.1) is 0 Å². The van der Waals surface area contributed by atoms with Gasteiger partial charge in [0.05, 0.1) is 17.7 Å². The number of carbonyl (C=O) groups excluding carboxylic acids is 5. The Morgan fingerprint density at radius 1 is 1.00 bits per heavy atom. The number of rotatable bonds is 5. The van der Waals surface area contributed by atoms with E-state index in [4.69, 9.17) is 9.47 Å². The molecule has 0 aliphatic carbocycles. The molecule has 10 heteroatoms. The van der Waals surface area contributed by atoms with Crippen LogP contribution in [-0.4, -0.2) is 56.3 Å². The molecule has 10 nitrogen and oxygen atoms in total. The Kier molecular flexibility index (Phi) is 6.64. The molecule has 1 N–H and O–H groups in total. The molecular formula is C26H26N2O8. The van der Waals surface area contributed by atoms with Gasteiger partial charge in [-0.05, 0) is 50.5 Å². The second kappa shape index (κ2) is 9.54. The van der Waals surface area contributed by atoms with Gasteiger partial charge >= 0.3 is 6.09 Å². The van der Waals surface area contributed by atoms with Crippen molar-refractivity contribution in [1.29, 1.82) is 0 Å². The minimum Gasteiger partial charge on any atom is -0.488 e. The normalized spacial score (nSPS) is 17.9. The van der Waals surface area contributed by atoms with Crippen molar-refractivity contribution >= 4 is 29.7 Å². The molecule has 0 radical (unpaired) electrons. The maximum Gasteiger partial charge on any atom is 0.424 e. The third-order valence-corrected chi connectivity index (χ3v) is 5.78. The number of ether oxygens (including phenoxy) is 2. The van der Waals surface area contributed by atoms with Gasteiger partial charge in [-0.15, -0.1) is 0 Å². The number of amides is 5. The lowest BCUT2D eigenvalue weighted by Crippen LogP contribution is -2.58. The number of likely N-dealkylation sites (tertiary alicyclic amines) is 1. The molecule has 1 fully saturated rings. The Balaban J connectivity index is 1.57. The van der Waals surface area contributed by atoms with Gasteiger partial charge in [-0.25, -0.2) is 4.79 Å². The van der Waals surface area contributed by atoms with Gasteiger partial charge in [0.25, 0.3) is 17.7 Å². The second-order valence-electron chi connectivity index (χ2n) is 9.52. The highest BCUT2D eigenvalue weighted by Crippen LogP contribution is 2.35. The van der Waals surface area contributed by atoms with E-state index in [0.717, 1.165) is 16.0 Å². The number of piperidine rings is 1. The molecule has 0 saturated carbocycles. The highest BCUT2D eigenvalue weighted by molar-refractivity contribution is 6.25. The minimum atomic E-state index is -1.33. The summed E-state index contributed by atoms with van der Waals surface area (Å²) in [6.07, 6.45) is -1.46. The second-order valence-corrected chi connectivity index (χ2v) is 9.52. The maximum atomic E-state index is 13.4. The molecule has 2 aromatic rings. The molecule has 188 valence electrons. The third-order valence-electron chi connectivity index (χ3n) is 5.78. The lowest BCUT2D eigenvalue weighted by atomic mass is 10.0. The van der Waals surface area contributed by atoms with Crippen molar-refractivity contribution in [3.8, 4) is 5.75 Å². The van der Waals surface area contributed by atoms with Gasteiger partial charge in [-0.1, -0.05) is 30.3 Å².